The topological polar surface area (TPSA) is 72.8 Å². The molecule has 1 aromatic heterocycles. The molecule has 0 aliphatic carbocycles. The average Bonchev–Trinajstić information content (AvgIpc) is 3.37. The average molecular weight is 672 g/mol. The molecule has 0 radical (unpaired) electrons. The monoisotopic (exact) mass is 669 g/mol. The van der Waals surface area contributed by atoms with Gasteiger partial charge in [0.05, 0.1) is 29.2 Å². The summed E-state index contributed by atoms with van der Waals surface area (Å²) in [6.45, 7) is 0.229. The maximum Gasteiger partial charge on any atom is 0.250 e. The molecular weight excluding hydrogens is 653 g/mol. The first kappa shape index (κ1) is 28.7. The third kappa shape index (κ3) is 7.88. The molecule has 0 unspecified atom stereocenters. The van der Waals surface area contributed by atoms with Gasteiger partial charge in [0.25, 0.3) is 5.91 Å². The van der Waals surface area contributed by atoms with E-state index in [0.717, 1.165) is 21.2 Å². The van der Waals surface area contributed by atoms with Crippen molar-refractivity contribution in [2.24, 2.45) is 5.10 Å². The molecule has 0 aliphatic rings. The zero-order chi connectivity index (χ0) is 27.1. The van der Waals surface area contributed by atoms with Crippen molar-refractivity contribution in [3.05, 3.63) is 90.6 Å². The number of aromatic nitrogens is 1. The Hall–Kier alpha value is -2.27. The van der Waals surface area contributed by atoms with Crippen LogP contribution in [0.15, 0.2) is 73.9 Å². The number of nitrogens with zero attached hydrogens (tertiary/aromatic N) is 2. The largest absolute Gasteiger partial charge is 0.493 e. The molecule has 6 nitrogen and oxygen atoms in total. The molecular formula is C26H19BrCl3N3O3S2. The van der Waals surface area contributed by atoms with Gasteiger partial charge in [-0.1, -0.05) is 64.8 Å². The number of hydrazone groups is 1. The summed E-state index contributed by atoms with van der Waals surface area (Å²) in [7, 11) is 1.54. The number of halogens is 4. The summed E-state index contributed by atoms with van der Waals surface area (Å²) >= 11 is 24.5. The van der Waals surface area contributed by atoms with Gasteiger partial charge in [-0.15, -0.1) is 11.3 Å². The first-order valence-electron chi connectivity index (χ1n) is 10.9. The van der Waals surface area contributed by atoms with Crippen LogP contribution in [0.4, 0.5) is 0 Å². The fourth-order valence-corrected chi connectivity index (χ4v) is 5.95. The van der Waals surface area contributed by atoms with E-state index in [1.165, 1.54) is 29.3 Å². The first-order valence-corrected chi connectivity index (χ1v) is 14.7. The quantitative estimate of drug-likeness (QED) is 0.104. The molecule has 38 heavy (non-hydrogen) atoms. The Kier molecular flexibility index (Phi) is 10.3. The summed E-state index contributed by atoms with van der Waals surface area (Å²) in [4.78, 5) is 16.8. The van der Waals surface area contributed by atoms with Gasteiger partial charge in [-0.3, -0.25) is 4.79 Å². The van der Waals surface area contributed by atoms with Crippen LogP contribution in [-0.2, 0) is 11.4 Å². The van der Waals surface area contributed by atoms with E-state index in [-0.39, 0.29) is 18.3 Å². The molecule has 3 aromatic carbocycles. The Morgan fingerprint density at radius 2 is 1.89 bits per heavy atom. The van der Waals surface area contributed by atoms with Crippen molar-refractivity contribution >= 4 is 86.0 Å². The van der Waals surface area contributed by atoms with E-state index in [0.29, 0.717) is 36.6 Å². The number of hydrogen-bond donors (Lipinski definition) is 1. The van der Waals surface area contributed by atoms with E-state index in [2.05, 4.69) is 31.4 Å². The molecule has 4 rings (SSSR count). The van der Waals surface area contributed by atoms with Crippen LogP contribution in [0, 0.1) is 0 Å². The molecule has 1 N–H and O–H groups in total. The maximum absolute atomic E-state index is 12.3. The number of ether oxygens (including phenoxy) is 2. The predicted octanol–water partition coefficient (Wildman–Crippen LogP) is 8.36. The molecule has 0 saturated carbocycles. The number of methoxy groups -OCH3 is 1. The van der Waals surface area contributed by atoms with E-state index in [1.807, 2.05) is 29.6 Å². The number of carbonyl (C=O) groups excluding carboxylic acids is 1. The molecule has 0 atom stereocenters. The second-order valence-electron chi connectivity index (χ2n) is 7.65. The Morgan fingerprint density at radius 1 is 1.13 bits per heavy atom. The number of rotatable bonds is 10. The van der Waals surface area contributed by atoms with Crippen molar-refractivity contribution in [1.29, 1.82) is 0 Å². The molecule has 1 amide bonds. The molecule has 4 aromatic rings. The number of thioether (sulfide) groups is 1. The number of amides is 1. The molecule has 1 heterocycles. The highest BCUT2D eigenvalue weighted by atomic mass is 79.9. The standard InChI is InChI=1S/C26H19BrCl3N3O3S2/c1-35-23-9-15(8-20(27)25(23)36-12-17-4-7-19(29)10-21(17)30)11-31-33-24(34)14-38-26-32-22(13-37-26)16-2-5-18(28)6-3-16/h2-11,13H,12,14H2,1H3,(H,33,34)/b31-11+. The van der Waals surface area contributed by atoms with Crippen molar-refractivity contribution in [3.8, 4) is 22.8 Å². The van der Waals surface area contributed by atoms with Gasteiger partial charge in [-0.25, -0.2) is 10.4 Å². The van der Waals surface area contributed by atoms with Crippen LogP contribution in [0.25, 0.3) is 11.3 Å². The van der Waals surface area contributed by atoms with Gasteiger partial charge >= 0.3 is 0 Å². The maximum atomic E-state index is 12.3. The zero-order valence-electron chi connectivity index (χ0n) is 19.7. The van der Waals surface area contributed by atoms with Crippen LogP contribution in [0.5, 0.6) is 11.5 Å². The van der Waals surface area contributed by atoms with Gasteiger partial charge in [0, 0.05) is 31.6 Å². The second kappa shape index (κ2) is 13.7. The van der Waals surface area contributed by atoms with E-state index in [4.69, 9.17) is 44.3 Å². The molecule has 196 valence electrons. The van der Waals surface area contributed by atoms with Crippen LogP contribution >= 0.6 is 73.8 Å². The third-order valence-electron chi connectivity index (χ3n) is 4.99. The van der Waals surface area contributed by atoms with E-state index in [9.17, 15) is 4.79 Å². The highest BCUT2D eigenvalue weighted by Crippen LogP contribution is 2.37. The van der Waals surface area contributed by atoms with Gasteiger partial charge in [-0.05, 0) is 57.9 Å². The fraction of sp³-hybridized carbons (Fsp3) is 0.115. The molecule has 0 bridgehead atoms. The first-order chi connectivity index (χ1) is 18.3. The van der Waals surface area contributed by atoms with Gasteiger partial charge < -0.3 is 9.47 Å². The van der Waals surface area contributed by atoms with E-state index < -0.39 is 0 Å². The van der Waals surface area contributed by atoms with Crippen LogP contribution in [0.2, 0.25) is 15.1 Å². The Morgan fingerprint density at radius 3 is 2.63 bits per heavy atom. The Bertz CT molecular complexity index is 1470. The minimum atomic E-state index is -0.250. The normalized spacial score (nSPS) is 11.1. The number of thiazole rings is 1. The predicted molar refractivity (Wildman–Crippen MR) is 161 cm³/mol. The van der Waals surface area contributed by atoms with Crippen molar-refractivity contribution in [2.75, 3.05) is 12.9 Å². The molecule has 0 fully saturated rings. The Balaban J connectivity index is 1.31. The molecule has 0 saturated heterocycles. The van der Waals surface area contributed by atoms with Crippen LogP contribution < -0.4 is 14.9 Å². The second-order valence-corrected chi connectivity index (χ2v) is 11.9. The summed E-state index contributed by atoms with van der Waals surface area (Å²) in [5, 5.41) is 7.75. The third-order valence-corrected chi connectivity index (χ3v) is 8.44. The van der Waals surface area contributed by atoms with Crippen LogP contribution in [-0.4, -0.2) is 30.0 Å². The minimum absolute atomic E-state index is 0.179. The number of carbonyl (C=O) groups is 1. The summed E-state index contributed by atoms with van der Waals surface area (Å²) in [5.74, 6) is 0.934. The van der Waals surface area contributed by atoms with Gasteiger partial charge in [0.1, 0.15) is 6.61 Å². The van der Waals surface area contributed by atoms with Crippen LogP contribution in [0.3, 0.4) is 0 Å². The van der Waals surface area contributed by atoms with Crippen LogP contribution in [0.1, 0.15) is 11.1 Å². The molecule has 0 aliphatic heterocycles. The van der Waals surface area contributed by atoms with Crippen molar-refractivity contribution < 1.29 is 14.3 Å². The summed E-state index contributed by atoms with van der Waals surface area (Å²) in [6, 6.07) is 16.2. The van der Waals surface area contributed by atoms with Gasteiger partial charge in [0.15, 0.2) is 15.8 Å². The lowest BCUT2D eigenvalue weighted by molar-refractivity contribution is -0.118. The van der Waals surface area contributed by atoms with E-state index in [1.54, 1.807) is 37.4 Å². The molecule has 12 heteroatoms. The fourth-order valence-electron chi connectivity index (χ4n) is 3.16. The SMILES string of the molecule is COc1cc(/C=N/NC(=O)CSc2nc(-c3ccc(Cl)cc3)cs2)cc(Br)c1OCc1ccc(Cl)cc1Cl. The Labute approximate surface area is 251 Å². The number of benzene rings is 3. The summed E-state index contributed by atoms with van der Waals surface area (Å²) < 4.78 is 12.9. The van der Waals surface area contributed by atoms with Crippen molar-refractivity contribution in [2.45, 2.75) is 10.9 Å². The lowest BCUT2D eigenvalue weighted by Gasteiger charge is -2.14. The van der Waals surface area contributed by atoms with Crippen molar-refractivity contribution in [1.82, 2.24) is 10.4 Å². The highest BCUT2D eigenvalue weighted by molar-refractivity contribution is 9.10. The molecule has 0 spiro atoms. The van der Waals surface area contributed by atoms with E-state index >= 15 is 0 Å². The zero-order valence-corrected chi connectivity index (χ0v) is 25.2. The summed E-state index contributed by atoms with van der Waals surface area (Å²) in [5.41, 5.74) is 5.84. The smallest absolute Gasteiger partial charge is 0.250 e. The number of hydrogen-bond acceptors (Lipinski definition) is 7. The van der Waals surface area contributed by atoms with Crippen molar-refractivity contribution in [3.63, 3.8) is 0 Å². The van der Waals surface area contributed by atoms with Gasteiger partial charge in [0.2, 0.25) is 0 Å². The minimum Gasteiger partial charge on any atom is -0.493 e. The highest BCUT2D eigenvalue weighted by Gasteiger charge is 2.13. The number of nitrogens with one attached hydrogen (secondary N) is 1. The summed E-state index contributed by atoms with van der Waals surface area (Å²) in [6.07, 6.45) is 1.53. The lowest BCUT2D eigenvalue weighted by atomic mass is 10.2. The lowest BCUT2D eigenvalue weighted by Crippen LogP contribution is -2.19. The van der Waals surface area contributed by atoms with Gasteiger partial charge in [-0.2, -0.15) is 5.10 Å².